The van der Waals surface area contributed by atoms with Gasteiger partial charge in [-0.15, -0.1) is 0 Å². The van der Waals surface area contributed by atoms with E-state index in [-0.39, 0.29) is 0 Å². The molecule has 0 aliphatic rings. The molecule has 3 aromatic rings. The van der Waals surface area contributed by atoms with Crippen molar-refractivity contribution in [2.24, 2.45) is 4.99 Å². The Morgan fingerprint density at radius 1 is 0.852 bits per heavy atom. The summed E-state index contributed by atoms with van der Waals surface area (Å²) in [6.07, 6.45) is 2.62. The highest BCUT2D eigenvalue weighted by molar-refractivity contribution is 5.96. The van der Waals surface area contributed by atoms with E-state index >= 15 is 0 Å². The lowest BCUT2D eigenvalue weighted by Crippen LogP contribution is -2.11. The van der Waals surface area contributed by atoms with Gasteiger partial charge in [0.05, 0.1) is 11.9 Å². The zero-order valence-corrected chi connectivity index (χ0v) is 15.6. The number of aryl methyl sites for hydroxylation is 1. The zero-order chi connectivity index (χ0) is 18.9. The molecule has 3 aromatic carbocycles. The van der Waals surface area contributed by atoms with Gasteiger partial charge < -0.3 is 9.47 Å². The summed E-state index contributed by atoms with van der Waals surface area (Å²) in [5, 5.41) is 0. The number of ether oxygens (including phenoxy) is 2. The van der Waals surface area contributed by atoms with Crippen molar-refractivity contribution in [2.75, 3.05) is 0 Å². The first-order chi connectivity index (χ1) is 13.2. The predicted octanol–water partition coefficient (Wildman–Crippen LogP) is 6.34. The average molecular weight is 357 g/mol. The average Bonchev–Trinajstić information content (AvgIpc) is 2.73. The number of benzene rings is 3. The lowest BCUT2D eigenvalue weighted by Gasteiger charge is -2.11. The first-order valence-corrected chi connectivity index (χ1v) is 9.04. The van der Waals surface area contributed by atoms with Crippen LogP contribution < -0.4 is 9.47 Å². The van der Waals surface area contributed by atoms with E-state index in [0.717, 1.165) is 29.2 Å². The summed E-state index contributed by atoms with van der Waals surface area (Å²) in [7, 11) is 0. The van der Waals surface area contributed by atoms with E-state index in [1.54, 1.807) is 6.26 Å². The standard InChI is InChI=1S/C24H23NO2/c1-3-20-11-10-16-23(17-20)27-24(25-21-12-6-4-7-13-21)19(2)18-26-22-14-8-5-9-15-22/h4-18H,3H2,1-2H3/b19-18+,25-24-. The third kappa shape index (κ3) is 5.58. The van der Waals surface area contributed by atoms with Gasteiger partial charge in [-0.1, -0.05) is 55.5 Å². The molecule has 0 fully saturated rings. The molecule has 0 spiro atoms. The molecule has 0 N–H and O–H groups in total. The van der Waals surface area contributed by atoms with Gasteiger partial charge in [0, 0.05) is 5.57 Å². The minimum atomic E-state index is 0.505. The number of aliphatic imine (C=N–C) groups is 1. The molecule has 136 valence electrons. The first kappa shape index (κ1) is 18.5. The molecule has 27 heavy (non-hydrogen) atoms. The van der Waals surface area contributed by atoms with E-state index in [2.05, 4.69) is 18.0 Å². The third-order valence-corrected chi connectivity index (χ3v) is 3.96. The largest absolute Gasteiger partial charge is 0.465 e. The molecule has 3 rings (SSSR count). The minimum absolute atomic E-state index is 0.505. The number of para-hydroxylation sites is 2. The zero-order valence-electron chi connectivity index (χ0n) is 15.6. The van der Waals surface area contributed by atoms with Crippen LogP contribution in [-0.2, 0) is 6.42 Å². The van der Waals surface area contributed by atoms with Gasteiger partial charge in [0.2, 0.25) is 5.90 Å². The van der Waals surface area contributed by atoms with Gasteiger partial charge in [-0.05, 0) is 55.3 Å². The SMILES string of the molecule is CCc1cccc(OC(=N\c2ccccc2)/C(C)=C/Oc2ccccc2)c1. The van der Waals surface area contributed by atoms with Gasteiger partial charge in [0.15, 0.2) is 0 Å². The number of hydrogen-bond acceptors (Lipinski definition) is 3. The monoisotopic (exact) mass is 357 g/mol. The molecule has 3 nitrogen and oxygen atoms in total. The van der Waals surface area contributed by atoms with Crippen LogP contribution in [0.3, 0.4) is 0 Å². The van der Waals surface area contributed by atoms with E-state index in [1.807, 2.05) is 85.8 Å². The predicted molar refractivity (Wildman–Crippen MR) is 111 cm³/mol. The van der Waals surface area contributed by atoms with Crippen LogP contribution in [0.15, 0.2) is 102 Å². The summed E-state index contributed by atoms with van der Waals surface area (Å²) in [5.41, 5.74) is 2.84. The van der Waals surface area contributed by atoms with Gasteiger partial charge in [0.1, 0.15) is 11.5 Å². The molecule has 0 aromatic heterocycles. The molecule has 0 saturated carbocycles. The fourth-order valence-corrected chi connectivity index (χ4v) is 2.46. The summed E-state index contributed by atoms with van der Waals surface area (Å²) < 4.78 is 11.9. The van der Waals surface area contributed by atoms with Crippen LogP contribution >= 0.6 is 0 Å². The van der Waals surface area contributed by atoms with Crippen molar-refractivity contribution in [3.8, 4) is 11.5 Å². The van der Waals surface area contributed by atoms with Crippen LogP contribution in [0.2, 0.25) is 0 Å². The molecular formula is C24H23NO2. The second kappa shape index (κ2) is 9.39. The van der Waals surface area contributed by atoms with E-state index < -0.39 is 0 Å². The van der Waals surface area contributed by atoms with Crippen molar-refractivity contribution in [1.82, 2.24) is 0 Å². The lowest BCUT2D eigenvalue weighted by atomic mass is 10.2. The molecule has 0 atom stereocenters. The molecule has 0 unspecified atom stereocenters. The van der Waals surface area contributed by atoms with Crippen molar-refractivity contribution in [1.29, 1.82) is 0 Å². The van der Waals surface area contributed by atoms with Gasteiger partial charge in [-0.25, -0.2) is 4.99 Å². The van der Waals surface area contributed by atoms with Crippen molar-refractivity contribution >= 4 is 11.6 Å². The number of rotatable bonds is 6. The van der Waals surface area contributed by atoms with E-state index in [4.69, 9.17) is 9.47 Å². The Morgan fingerprint density at radius 2 is 1.52 bits per heavy atom. The van der Waals surface area contributed by atoms with Crippen LogP contribution in [0.1, 0.15) is 19.4 Å². The van der Waals surface area contributed by atoms with Gasteiger partial charge in [0.25, 0.3) is 0 Å². The molecule has 0 amide bonds. The lowest BCUT2D eigenvalue weighted by molar-refractivity contribution is 0.473. The van der Waals surface area contributed by atoms with E-state index in [9.17, 15) is 0 Å². The van der Waals surface area contributed by atoms with E-state index in [0.29, 0.717) is 5.90 Å². The summed E-state index contributed by atoms with van der Waals surface area (Å²) in [4.78, 5) is 4.67. The van der Waals surface area contributed by atoms with E-state index in [1.165, 1.54) is 5.56 Å². The highest BCUT2D eigenvalue weighted by Crippen LogP contribution is 2.19. The highest BCUT2D eigenvalue weighted by atomic mass is 16.5. The fraction of sp³-hybridized carbons (Fsp3) is 0.125. The Hall–Kier alpha value is -3.33. The molecule has 0 heterocycles. The normalized spacial score (nSPS) is 11.9. The second-order valence-electron chi connectivity index (χ2n) is 6.09. The summed E-state index contributed by atoms with van der Waals surface area (Å²) in [5.74, 6) is 2.03. The number of hydrogen-bond donors (Lipinski definition) is 0. The molecule has 0 bridgehead atoms. The van der Waals surface area contributed by atoms with Crippen LogP contribution in [0.4, 0.5) is 5.69 Å². The first-order valence-electron chi connectivity index (χ1n) is 9.04. The smallest absolute Gasteiger partial charge is 0.225 e. The second-order valence-corrected chi connectivity index (χ2v) is 6.09. The maximum absolute atomic E-state index is 6.11. The van der Waals surface area contributed by atoms with Crippen molar-refractivity contribution in [2.45, 2.75) is 20.3 Å². The minimum Gasteiger partial charge on any atom is -0.465 e. The Balaban J connectivity index is 1.88. The highest BCUT2D eigenvalue weighted by Gasteiger charge is 2.08. The quantitative estimate of drug-likeness (QED) is 0.293. The molecule has 0 radical (unpaired) electrons. The summed E-state index contributed by atoms with van der Waals surface area (Å²) in [6.45, 7) is 4.05. The molecule has 0 saturated heterocycles. The van der Waals surface area contributed by atoms with Crippen molar-refractivity contribution < 1.29 is 9.47 Å². The van der Waals surface area contributed by atoms with Crippen LogP contribution in [0, 0.1) is 0 Å². The Labute approximate surface area is 160 Å². The van der Waals surface area contributed by atoms with Gasteiger partial charge in [-0.3, -0.25) is 0 Å². The topological polar surface area (TPSA) is 30.8 Å². The van der Waals surface area contributed by atoms with Crippen LogP contribution in [-0.4, -0.2) is 5.90 Å². The summed E-state index contributed by atoms with van der Waals surface area (Å²) in [6, 6.07) is 27.4. The van der Waals surface area contributed by atoms with Gasteiger partial charge >= 0.3 is 0 Å². The Morgan fingerprint density at radius 3 is 2.22 bits per heavy atom. The number of nitrogens with zero attached hydrogens (tertiary/aromatic N) is 1. The molecule has 0 aliphatic heterocycles. The third-order valence-electron chi connectivity index (χ3n) is 3.96. The molecule has 0 aliphatic carbocycles. The Kier molecular flexibility index (Phi) is 6.42. The van der Waals surface area contributed by atoms with Crippen LogP contribution in [0.25, 0.3) is 0 Å². The van der Waals surface area contributed by atoms with Crippen molar-refractivity contribution in [3.63, 3.8) is 0 Å². The van der Waals surface area contributed by atoms with Gasteiger partial charge in [-0.2, -0.15) is 0 Å². The summed E-state index contributed by atoms with van der Waals surface area (Å²) >= 11 is 0. The molecule has 3 heteroatoms. The molecular weight excluding hydrogens is 334 g/mol. The van der Waals surface area contributed by atoms with Crippen LogP contribution in [0.5, 0.6) is 11.5 Å². The van der Waals surface area contributed by atoms with Crippen molar-refractivity contribution in [3.05, 3.63) is 102 Å². The Bertz CT molecular complexity index is 915. The fourth-order valence-electron chi connectivity index (χ4n) is 2.46. The maximum atomic E-state index is 6.11. The maximum Gasteiger partial charge on any atom is 0.225 e.